The minimum atomic E-state index is -1.35. The highest BCUT2D eigenvalue weighted by molar-refractivity contribution is 5.96. The Morgan fingerprint density at radius 3 is 2.22 bits per heavy atom. The number of amides is 4. The molecular weight excluding hydrogens is 418 g/mol. The van der Waals surface area contributed by atoms with Gasteiger partial charge in [-0.2, -0.15) is 0 Å². The van der Waals surface area contributed by atoms with Crippen LogP contribution in [0.2, 0.25) is 0 Å². The molecule has 1 heterocycles. The van der Waals surface area contributed by atoms with Gasteiger partial charge in [0.15, 0.2) is 0 Å². The number of carbonyl (C=O) groups excluding carboxylic acids is 4. The van der Waals surface area contributed by atoms with Crippen LogP contribution in [-0.2, 0) is 24.0 Å². The highest BCUT2D eigenvalue weighted by Crippen LogP contribution is 2.21. The molecule has 11 nitrogen and oxygen atoms in total. The van der Waals surface area contributed by atoms with E-state index >= 15 is 0 Å². The number of rotatable bonds is 12. The lowest BCUT2D eigenvalue weighted by Gasteiger charge is -2.30. The zero-order chi connectivity index (χ0) is 24.6. The van der Waals surface area contributed by atoms with Crippen molar-refractivity contribution in [3.8, 4) is 0 Å². The summed E-state index contributed by atoms with van der Waals surface area (Å²) in [5.41, 5.74) is 11.3. The van der Waals surface area contributed by atoms with Gasteiger partial charge in [-0.1, -0.05) is 34.1 Å². The van der Waals surface area contributed by atoms with Crippen molar-refractivity contribution in [3.05, 3.63) is 0 Å². The summed E-state index contributed by atoms with van der Waals surface area (Å²) in [7, 11) is 0. The molecule has 1 fully saturated rings. The quantitative estimate of drug-likeness (QED) is 0.258. The molecule has 0 aromatic rings. The Morgan fingerprint density at radius 1 is 1.09 bits per heavy atom. The summed E-state index contributed by atoms with van der Waals surface area (Å²) in [5, 5.41) is 14.2. The molecule has 11 heteroatoms. The third-order valence-electron chi connectivity index (χ3n) is 5.74. The molecular formula is C21H37N5O6. The molecule has 1 rings (SSSR count). The molecule has 0 aromatic carbocycles. The van der Waals surface area contributed by atoms with Crippen LogP contribution in [0.4, 0.5) is 0 Å². The fourth-order valence-electron chi connectivity index (χ4n) is 3.64. The molecule has 0 radical (unpaired) electrons. The Bertz CT molecular complexity index is 713. The topological polar surface area (TPSA) is 185 Å². The second-order valence-electron chi connectivity index (χ2n) is 8.86. The zero-order valence-electron chi connectivity index (χ0n) is 19.3. The number of nitrogens with one attached hydrogen (secondary N) is 2. The van der Waals surface area contributed by atoms with Gasteiger partial charge in [0.1, 0.15) is 18.1 Å². The Hall–Kier alpha value is -2.69. The molecule has 7 N–H and O–H groups in total. The van der Waals surface area contributed by atoms with Crippen LogP contribution in [-0.4, -0.2) is 70.3 Å². The van der Waals surface area contributed by atoms with Gasteiger partial charge in [0, 0.05) is 6.54 Å². The van der Waals surface area contributed by atoms with E-state index in [1.54, 1.807) is 13.8 Å². The summed E-state index contributed by atoms with van der Waals surface area (Å²) in [4.78, 5) is 62.7. The van der Waals surface area contributed by atoms with Gasteiger partial charge < -0.3 is 32.1 Å². The highest BCUT2D eigenvalue weighted by atomic mass is 16.4. The maximum absolute atomic E-state index is 12.9. The Balaban J connectivity index is 2.94. The first kappa shape index (κ1) is 27.3. The van der Waals surface area contributed by atoms with E-state index in [4.69, 9.17) is 11.5 Å². The van der Waals surface area contributed by atoms with Crippen LogP contribution < -0.4 is 22.1 Å². The summed E-state index contributed by atoms with van der Waals surface area (Å²) >= 11 is 0. The zero-order valence-corrected chi connectivity index (χ0v) is 19.3. The Kier molecular flexibility index (Phi) is 10.6. The number of nitrogens with zero attached hydrogens (tertiary/aromatic N) is 1. The van der Waals surface area contributed by atoms with Crippen LogP contribution in [0.25, 0.3) is 0 Å². The summed E-state index contributed by atoms with van der Waals surface area (Å²) in [6.45, 7) is 7.75. The molecule has 1 aliphatic heterocycles. The van der Waals surface area contributed by atoms with Gasteiger partial charge in [0.05, 0.1) is 12.5 Å². The number of carboxylic acids is 1. The molecule has 0 bridgehead atoms. The van der Waals surface area contributed by atoms with E-state index in [-0.39, 0.29) is 24.2 Å². The molecule has 0 saturated carbocycles. The molecule has 182 valence electrons. The number of nitrogens with two attached hydrogens (primary N) is 2. The first-order chi connectivity index (χ1) is 14.9. The third-order valence-corrected chi connectivity index (χ3v) is 5.74. The third kappa shape index (κ3) is 7.77. The van der Waals surface area contributed by atoms with Crippen LogP contribution in [0.15, 0.2) is 0 Å². The minimum Gasteiger partial charge on any atom is -0.480 e. The number of carbonyl (C=O) groups is 5. The van der Waals surface area contributed by atoms with Crippen molar-refractivity contribution in [2.75, 3.05) is 6.54 Å². The van der Waals surface area contributed by atoms with Crippen molar-refractivity contribution in [2.24, 2.45) is 23.3 Å². The maximum atomic E-state index is 12.9. The predicted molar refractivity (Wildman–Crippen MR) is 117 cm³/mol. The van der Waals surface area contributed by atoms with Crippen molar-refractivity contribution >= 4 is 29.6 Å². The van der Waals surface area contributed by atoms with E-state index in [9.17, 15) is 29.1 Å². The molecule has 32 heavy (non-hydrogen) atoms. The number of hydrogen-bond donors (Lipinski definition) is 5. The molecule has 1 saturated heterocycles. The summed E-state index contributed by atoms with van der Waals surface area (Å²) in [6, 6.07) is -4.10. The average molecular weight is 456 g/mol. The Labute approximate surface area is 188 Å². The summed E-state index contributed by atoms with van der Waals surface area (Å²) < 4.78 is 0. The van der Waals surface area contributed by atoms with Crippen LogP contribution in [0.3, 0.4) is 0 Å². The van der Waals surface area contributed by atoms with Gasteiger partial charge in [-0.3, -0.25) is 19.2 Å². The molecule has 1 aliphatic rings. The largest absolute Gasteiger partial charge is 0.480 e. The van der Waals surface area contributed by atoms with Crippen LogP contribution in [0.5, 0.6) is 0 Å². The van der Waals surface area contributed by atoms with Crippen LogP contribution in [0.1, 0.15) is 59.8 Å². The molecule has 5 unspecified atom stereocenters. The monoisotopic (exact) mass is 455 g/mol. The normalized spacial score (nSPS) is 19.7. The van der Waals surface area contributed by atoms with E-state index < -0.39 is 54.3 Å². The van der Waals surface area contributed by atoms with Crippen molar-refractivity contribution in [2.45, 2.75) is 84.0 Å². The van der Waals surface area contributed by atoms with Gasteiger partial charge in [-0.25, -0.2) is 4.79 Å². The van der Waals surface area contributed by atoms with Crippen molar-refractivity contribution in [1.82, 2.24) is 15.5 Å². The minimum absolute atomic E-state index is 0.00615. The Morgan fingerprint density at radius 2 is 1.72 bits per heavy atom. The number of hydrogen-bond acceptors (Lipinski definition) is 6. The van der Waals surface area contributed by atoms with Crippen molar-refractivity contribution in [1.29, 1.82) is 0 Å². The van der Waals surface area contributed by atoms with Crippen LogP contribution in [0, 0.1) is 11.8 Å². The molecule has 0 spiro atoms. The SMILES string of the molecule is CCC(C)C(N)C(=O)N1CCCC1C(=O)NC(CC(N)=O)C(=O)NC(CC(C)C)C(=O)O. The lowest BCUT2D eigenvalue weighted by molar-refractivity contribution is -0.143. The number of carboxylic acid groups (broad SMARTS) is 1. The number of primary amides is 1. The second kappa shape index (κ2) is 12.4. The van der Waals surface area contributed by atoms with E-state index in [1.165, 1.54) is 4.90 Å². The van der Waals surface area contributed by atoms with E-state index in [2.05, 4.69) is 10.6 Å². The fraction of sp³-hybridized carbons (Fsp3) is 0.762. The van der Waals surface area contributed by atoms with Crippen LogP contribution >= 0.6 is 0 Å². The van der Waals surface area contributed by atoms with Crippen molar-refractivity contribution < 1.29 is 29.1 Å². The standard InChI is InChI=1S/C21H37N5O6/c1-5-12(4)17(23)20(30)26-8-6-7-15(26)19(29)24-13(10-16(22)27)18(28)25-14(21(31)32)9-11(2)3/h11-15,17H,5-10,23H2,1-4H3,(H2,22,27)(H,24,29)(H,25,28)(H,31,32). The first-order valence-electron chi connectivity index (χ1n) is 11.1. The van der Waals surface area contributed by atoms with Gasteiger partial charge in [-0.15, -0.1) is 0 Å². The highest BCUT2D eigenvalue weighted by Gasteiger charge is 2.39. The summed E-state index contributed by atoms with van der Waals surface area (Å²) in [6.07, 6.45) is 1.37. The maximum Gasteiger partial charge on any atom is 0.326 e. The van der Waals surface area contributed by atoms with Gasteiger partial charge >= 0.3 is 5.97 Å². The second-order valence-corrected chi connectivity index (χ2v) is 8.86. The first-order valence-corrected chi connectivity index (χ1v) is 11.1. The summed E-state index contributed by atoms with van der Waals surface area (Å²) in [5.74, 6) is -3.89. The average Bonchev–Trinajstić information content (AvgIpc) is 3.20. The molecule has 4 amide bonds. The molecule has 5 atom stereocenters. The van der Waals surface area contributed by atoms with E-state index in [0.29, 0.717) is 25.8 Å². The number of likely N-dealkylation sites (tertiary alicyclic amines) is 1. The lowest BCUT2D eigenvalue weighted by Crippen LogP contribution is -2.57. The lowest BCUT2D eigenvalue weighted by atomic mass is 9.98. The molecule has 0 aromatic heterocycles. The van der Waals surface area contributed by atoms with Gasteiger partial charge in [0.2, 0.25) is 23.6 Å². The van der Waals surface area contributed by atoms with E-state index in [0.717, 1.165) is 0 Å². The smallest absolute Gasteiger partial charge is 0.326 e. The predicted octanol–water partition coefficient (Wildman–Crippen LogP) is -0.673. The number of aliphatic carboxylic acids is 1. The van der Waals surface area contributed by atoms with Gasteiger partial charge in [-0.05, 0) is 31.1 Å². The molecule has 0 aliphatic carbocycles. The fourth-order valence-corrected chi connectivity index (χ4v) is 3.64. The van der Waals surface area contributed by atoms with Gasteiger partial charge in [0.25, 0.3) is 0 Å². The van der Waals surface area contributed by atoms with Crippen molar-refractivity contribution in [3.63, 3.8) is 0 Å². The van der Waals surface area contributed by atoms with E-state index in [1.807, 2.05) is 13.8 Å².